The zero-order chi connectivity index (χ0) is 13.9. The van der Waals surface area contributed by atoms with Crippen LogP contribution in [-0.4, -0.2) is 46.7 Å². The van der Waals surface area contributed by atoms with E-state index in [4.69, 9.17) is 9.84 Å². The summed E-state index contributed by atoms with van der Waals surface area (Å²) in [6.07, 6.45) is -0.504. The lowest BCUT2D eigenvalue weighted by molar-refractivity contribution is -0.155. The molecule has 1 fully saturated rings. The van der Waals surface area contributed by atoms with Crippen molar-refractivity contribution in [3.05, 3.63) is 0 Å². The maximum Gasteiger partial charge on any atom is 0.332 e. The van der Waals surface area contributed by atoms with E-state index in [-0.39, 0.29) is 11.9 Å². The summed E-state index contributed by atoms with van der Waals surface area (Å²) in [5.74, 6) is -0.680. The van der Waals surface area contributed by atoms with Crippen LogP contribution in [0.4, 0.5) is 0 Å². The van der Waals surface area contributed by atoms with Gasteiger partial charge in [0.1, 0.15) is 6.10 Å². The standard InChI is InChI=1S/C13H23NO4/c1-8(2)7-14(9(3)4)12(15)10-5-6-11(18-10)13(16)17/h8-11H,5-7H2,1-4H3,(H,16,17). The van der Waals surface area contributed by atoms with E-state index in [1.807, 2.05) is 13.8 Å². The zero-order valence-electron chi connectivity index (χ0n) is 11.5. The van der Waals surface area contributed by atoms with Gasteiger partial charge in [-0.3, -0.25) is 4.79 Å². The second kappa shape index (κ2) is 6.18. The number of aliphatic carboxylic acids is 1. The highest BCUT2D eigenvalue weighted by Gasteiger charge is 2.37. The Kier molecular flexibility index (Phi) is 5.14. The number of carboxylic acids is 1. The van der Waals surface area contributed by atoms with Crippen molar-refractivity contribution in [3.8, 4) is 0 Å². The van der Waals surface area contributed by atoms with Crippen LogP contribution in [0.3, 0.4) is 0 Å². The summed E-state index contributed by atoms with van der Waals surface area (Å²) < 4.78 is 5.31. The summed E-state index contributed by atoms with van der Waals surface area (Å²) in [6, 6.07) is 0.104. The molecule has 104 valence electrons. The average molecular weight is 257 g/mol. The van der Waals surface area contributed by atoms with Crippen LogP contribution in [0.25, 0.3) is 0 Å². The van der Waals surface area contributed by atoms with Gasteiger partial charge >= 0.3 is 5.97 Å². The number of amides is 1. The predicted molar refractivity (Wildman–Crippen MR) is 67.2 cm³/mol. The Bertz CT molecular complexity index is 314. The number of carboxylic acid groups (broad SMARTS) is 1. The molecule has 0 aromatic heterocycles. The molecular formula is C13H23NO4. The lowest BCUT2D eigenvalue weighted by Gasteiger charge is -2.30. The minimum atomic E-state index is -0.981. The lowest BCUT2D eigenvalue weighted by atomic mass is 10.1. The number of nitrogens with zero attached hydrogens (tertiary/aromatic N) is 1. The molecule has 5 heteroatoms. The molecule has 1 heterocycles. The van der Waals surface area contributed by atoms with Crippen LogP contribution in [0.2, 0.25) is 0 Å². The maximum absolute atomic E-state index is 12.3. The van der Waals surface area contributed by atoms with E-state index in [2.05, 4.69) is 13.8 Å². The van der Waals surface area contributed by atoms with Crippen LogP contribution in [0.15, 0.2) is 0 Å². The van der Waals surface area contributed by atoms with E-state index in [1.54, 1.807) is 4.90 Å². The Balaban J connectivity index is 2.64. The number of carbonyl (C=O) groups is 2. The summed E-state index contributed by atoms with van der Waals surface area (Å²) in [5.41, 5.74) is 0. The van der Waals surface area contributed by atoms with Crippen LogP contribution in [0.1, 0.15) is 40.5 Å². The molecule has 0 spiro atoms. The molecule has 1 amide bonds. The van der Waals surface area contributed by atoms with E-state index in [1.165, 1.54) is 0 Å². The SMILES string of the molecule is CC(C)CN(C(=O)C1CCC(C(=O)O)O1)C(C)C. The molecule has 0 bridgehead atoms. The molecule has 1 saturated heterocycles. The van der Waals surface area contributed by atoms with Gasteiger partial charge in [0.15, 0.2) is 6.10 Å². The van der Waals surface area contributed by atoms with E-state index in [0.717, 1.165) is 0 Å². The topological polar surface area (TPSA) is 66.8 Å². The van der Waals surface area contributed by atoms with Gasteiger partial charge < -0.3 is 14.7 Å². The molecular weight excluding hydrogens is 234 g/mol. The summed E-state index contributed by atoms with van der Waals surface area (Å²) in [7, 11) is 0. The fraction of sp³-hybridized carbons (Fsp3) is 0.846. The summed E-state index contributed by atoms with van der Waals surface area (Å²) in [5, 5.41) is 8.86. The number of rotatable bonds is 5. The van der Waals surface area contributed by atoms with Crippen molar-refractivity contribution in [2.24, 2.45) is 5.92 Å². The number of ether oxygens (including phenoxy) is 1. The molecule has 2 unspecified atom stereocenters. The van der Waals surface area contributed by atoms with Crippen molar-refractivity contribution in [2.45, 2.75) is 58.8 Å². The molecule has 0 aliphatic carbocycles. The molecule has 1 aliphatic heterocycles. The van der Waals surface area contributed by atoms with Crippen molar-refractivity contribution in [2.75, 3.05) is 6.54 Å². The molecule has 0 radical (unpaired) electrons. The molecule has 1 rings (SSSR count). The van der Waals surface area contributed by atoms with Crippen molar-refractivity contribution in [1.82, 2.24) is 4.90 Å². The molecule has 0 aromatic carbocycles. The third-order valence-corrected chi connectivity index (χ3v) is 3.04. The highest BCUT2D eigenvalue weighted by Crippen LogP contribution is 2.22. The lowest BCUT2D eigenvalue weighted by Crippen LogP contribution is -2.45. The van der Waals surface area contributed by atoms with Gasteiger partial charge in [0.25, 0.3) is 5.91 Å². The van der Waals surface area contributed by atoms with Crippen molar-refractivity contribution < 1.29 is 19.4 Å². The van der Waals surface area contributed by atoms with E-state index in [0.29, 0.717) is 25.3 Å². The fourth-order valence-corrected chi connectivity index (χ4v) is 2.13. The third kappa shape index (κ3) is 3.70. The Hall–Kier alpha value is -1.10. The van der Waals surface area contributed by atoms with Gasteiger partial charge in [0.2, 0.25) is 0 Å². The van der Waals surface area contributed by atoms with Crippen LogP contribution >= 0.6 is 0 Å². The summed E-state index contributed by atoms with van der Waals surface area (Å²) >= 11 is 0. The summed E-state index contributed by atoms with van der Waals surface area (Å²) in [4.78, 5) is 24.9. The second-order valence-electron chi connectivity index (χ2n) is 5.51. The first-order chi connectivity index (χ1) is 8.32. The Labute approximate surface area is 108 Å². The number of hydrogen-bond donors (Lipinski definition) is 1. The summed E-state index contributed by atoms with van der Waals surface area (Å²) in [6.45, 7) is 8.71. The van der Waals surface area contributed by atoms with Gasteiger partial charge in [0.05, 0.1) is 0 Å². The zero-order valence-corrected chi connectivity index (χ0v) is 11.5. The second-order valence-corrected chi connectivity index (χ2v) is 5.51. The third-order valence-electron chi connectivity index (χ3n) is 3.04. The first kappa shape index (κ1) is 15.0. The largest absolute Gasteiger partial charge is 0.479 e. The molecule has 1 aliphatic rings. The van der Waals surface area contributed by atoms with Crippen molar-refractivity contribution in [1.29, 1.82) is 0 Å². The van der Waals surface area contributed by atoms with Gasteiger partial charge in [-0.2, -0.15) is 0 Å². The van der Waals surface area contributed by atoms with Crippen LogP contribution < -0.4 is 0 Å². The number of carbonyl (C=O) groups excluding carboxylic acids is 1. The van der Waals surface area contributed by atoms with Crippen LogP contribution in [0.5, 0.6) is 0 Å². The van der Waals surface area contributed by atoms with Crippen molar-refractivity contribution in [3.63, 3.8) is 0 Å². The highest BCUT2D eigenvalue weighted by atomic mass is 16.5. The molecule has 0 aromatic rings. The van der Waals surface area contributed by atoms with E-state index in [9.17, 15) is 9.59 Å². The molecule has 18 heavy (non-hydrogen) atoms. The normalized spacial score (nSPS) is 23.7. The smallest absolute Gasteiger partial charge is 0.332 e. The van der Waals surface area contributed by atoms with Crippen LogP contribution in [-0.2, 0) is 14.3 Å². The fourth-order valence-electron chi connectivity index (χ4n) is 2.13. The first-order valence-electron chi connectivity index (χ1n) is 6.51. The van der Waals surface area contributed by atoms with Gasteiger partial charge in [-0.1, -0.05) is 13.8 Å². The van der Waals surface area contributed by atoms with E-state index >= 15 is 0 Å². The Morgan fingerprint density at radius 1 is 1.22 bits per heavy atom. The molecule has 2 atom stereocenters. The van der Waals surface area contributed by atoms with E-state index < -0.39 is 18.2 Å². The van der Waals surface area contributed by atoms with Gasteiger partial charge in [-0.25, -0.2) is 4.79 Å². The average Bonchev–Trinajstić information content (AvgIpc) is 2.73. The van der Waals surface area contributed by atoms with Gasteiger partial charge in [0, 0.05) is 12.6 Å². The first-order valence-corrected chi connectivity index (χ1v) is 6.51. The van der Waals surface area contributed by atoms with Crippen molar-refractivity contribution >= 4 is 11.9 Å². The Morgan fingerprint density at radius 2 is 1.78 bits per heavy atom. The number of hydrogen-bond acceptors (Lipinski definition) is 3. The quantitative estimate of drug-likeness (QED) is 0.810. The minimum Gasteiger partial charge on any atom is -0.479 e. The monoisotopic (exact) mass is 257 g/mol. The highest BCUT2D eigenvalue weighted by molar-refractivity contribution is 5.83. The van der Waals surface area contributed by atoms with Gasteiger partial charge in [-0.05, 0) is 32.6 Å². The molecule has 5 nitrogen and oxygen atoms in total. The minimum absolute atomic E-state index is 0.0811. The molecule has 0 saturated carbocycles. The molecule has 1 N–H and O–H groups in total. The Morgan fingerprint density at radius 3 is 2.17 bits per heavy atom. The maximum atomic E-state index is 12.3. The predicted octanol–water partition coefficient (Wildman–Crippen LogP) is 1.51. The van der Waals surface area contributed by atoms with Crippen LogP contribution in [0, 0.1) is 5.92 Å². The van der Waals surface area contributed by atoms with Gasteiger partial charge in [-0.15, -0.1) is 0 Å².